The summed E-state index contributed by atoms with van der Waals surface area (Å²) in [4.78, 5) is 26.6. The smallest absolute Gasteiger partial charge is 0.311 e. The van der Waals surface area contributed by atoms with E-state index in [1.807, 2.05) is 13.8 Å². The monoisotopic (exact) mass is 414 g/mol. The molecule has 0 bridgehead atoms. The minimum atomic E-state index is -4.43. The van der Waals surface area contributed by atoms with Crippen molar-refractivity contribution < 1.29 is 22.8 Å². The highest BCUT2D eigenvalue weighted by Crippen LogP contribution is 2.35. The van der Waals surface area contributed by atoms with Crippen LogP contribution in [0.25, 0.3) is 5.69 Å². The summed E-state index contributed by atoms with van der Waals surface area (Å²) in [5.74, 6) is -0.414. The van der Waals surface area contributed by atoms with Crippen molar-refractivity contribution in [2.24, 2.45) is 5.41 Å². The van der Waals surface area contributed by atoms with Crippen LogP contribution in [0.1, 0.15) is 35.5 Å². The average Bonchev–Trinajstić information content (AvgIpc) is 3.21. The maximum absolute atomic E-state index is 12.8. The van der Waals surface area contributed by atoms with Gasteiger partial charge in [-0.2, -0.15) is 13.2 Å². The summed E-state index contributed by atoms with van der Waals surface area (Å²) in [7, 11) is 0. The number of hydrogen-bond donors (Lipinski definition) is 0. The van der Waals surface area contributed by atoms with E-state index in [1.165, 1.54) is 23.0 Å². The Morgan fingerprint density at radius 2 is 1.77 bits per heavy atom. The summed E-state index contributed by atoms with van der Waals surface area (Å²) in [6.07, 6.45) is -3.07. The Bertz CT molecular complexity index is 1130. The third kappa shape index (κ3) is 3.47. The molecule has 6 nitrogen and oxygen atoms in total. The van der Waals surface area contributed by atoms with Crippen LogP contribution in [-0.4, -0.2) is 33.2 Å². The first-order valence-corrected chi connectivity index (χ1v) is 9.13. The fourth-order valence-corrected chi connectivity index (χ4v) is 3.28. The van der Waals surface area contributed by atoms with Crippen molar-refractivity contribution in [3.63, 3.8) is 0 Å². The molecule has 2 heterocycles. The first-order valence-electron chi connectivity index (χ1n) is 9.13. The number of carbonyl (C=O) groups excluding carboxylic acids is 2. The topological polar surface area (TPSA) is 68.1 Å². The predicted molar refractivity (Wildman–Crippen MR) is 102 cm³/mol. The first kappa shape index (κ1) is 19.8. The van der Waals surface area contributed by atoms with Gasteiger partial charge in [-0.1, -0.05) is 17.3 Å². The molecule has 1 aliphatic heterocycles. The van der Waals surface area contributed by atoms with Gasteiger partial charge in [0.1, 0.15) is 0 Å². The predicted octanol–water partition coefficient (Wildman–Crippen LogP) is 3.89. The van der Waals surface area contributed by atoms with Crippen molar-refractivity contribution in [3.8, 4) is 5.69 Å². The summed E-state index contributed by atoms with van der Waals surface area (Å²) in [5.41, 5.74) is 0.164. The Morgan fingerprint density at radius 3 is 2.37 bits per heavy atom. The molecule has 1 amide bonds. The molecule has 0 aliphatic carbocycles. The molecule has 9 heteroatoms. The molecule has 2 aromatic carbocycles. The quantitative estimate of drug-likeness (QED) is 0.480. The number of alkyl halides is 3. The number of rotatable bonds is 4. The van der Waals surface area contributed by atoms with Gasteiger partial charge in [0.05, 0.1) is 22.9 Å². The largest absolute Gasteiger partial charge is 0.416 e. The van der Waals surface area contributed by atoms with Crippen LogP contribution in [-0.2, 0) is 11.0 Å². The number of ketones is 1. The molecule has 1 aliphatic rings. The molecule has 0 radical (unpaired) electrons. The van der Waals surface area contributed by atoms with Gasteiger partial charge in [0, 0.05) is 17.8 Å². The lowest BCUT2D eigenvalue weighted by molar-refractivity contribution is -0.137. The van der Waals surface area contributed by atoms with Gasteiger partial charge in [-0.15, -0.1) is 5.10 Å². The second kappa shape index (κ2) is 6.79. The maximum Gasteiger partial charge on any atom is 0.416 e. The summed E-state index contributed by atoms with van der Waals surface area (Å²) in [5, 5.41) is 7.69. The molecular formula is C21H17F3N4O2. The second-order valence-corrected chi connectivity index (χ2v) is 7.75. The van der Waals surface area contributed by atoms with Crippen molar-refractivity contribution in [1.82, 2.24) is 15.0 Å². The Morgan fingerprint density at radius 1 is 1.07 bits per heavy atom. The van der Waals surface area contributed by atoms with Crippen molar-refractivity contribution in [2.45, 2.75) is 20.0 Å². The van der Waals surface area contributed by atoms with E-state index in [1.54, 1.807) is 29.2 Å². The minimum absolute atomic E-state index is 0.0136. The number of nitrogens with zero attached hydrogens (tertiary/aromatic N) is 4. The Labute approximate surface area is 169 Å². The molecular weight excluding hydrogens is 397 g/mol. The van der Waals surface area contributed by atoms with E-state index in [9.17, 15) is 22.8 Å². The summed E-state index contributed by atoms with van der Waals surface area (Å²) >= 11 is 0. The lowest BCUT2D eigenvalue weighted by Gasteiger charge is -2.44. The number of halogens is 3. The van der Waals surface area contributed by atoms with Gasteiger partial charge < -0.3 is 4.90 Å². The third-order valence-corrected chi connectivity index (χ3v) is 4.98. The van der Waals surface area contributed by atoms with Crippen LogP contribution < -0.4 is 4.90 Å². The summed E-state index contributed by atoms with van der Waals surface area (Å²) in [6, 6.07) is 11.0. The number of β-lactam (4-membered cyclic amide) rings is 1. The van der Waals surface area contributed by atoms with Crippen molar-refractivity contribution >= 4 is 17.4 Å². The van der Waals surface area contributed by atoms with E-state index in [0.717, 1.165) is 12.1 Å². The highest BCUT2D eigenvalue weighted by molar-refractivity contribution is 6.09. The van der Waals surface area contributed by atoms with Gasteiger partial charge in [0.15, 0.2) is 5.69 Å². The minimum Gasteiger partial charge on any atom is -0.311 e. The van der Waals surface area contributed by atoms with E-state index >= 15 is 0 Å². The van der Waals surface area contributed by atoms with Crippen LogP contribution in [0, 0.1) is 5.41 Å². The number of amides is 1. The van der Waals surface area contributed by atoms with Crippen LogP contribution >= 0.6 is 0 Å². The number of aromatic nitrogens is 3. The molecule has 1 saturated heterocycles. The maximum atomic E-state index is 12.8. The van der Waals surface area contributed by atoms with Gasteiger partial charge in [-0.05, 0) is 50.2 Å². The van der Waals surface area contributed by atoms with Crippen LogP contribution in [0.4, 0.5) is 18.9 Å². The fraction of sp³-hybridized carbons (Fsp3) is 0.238. The number of benzene rings is 2. The lowest BCUT2D eigenvalue weighted by Crippen LogP contribution is -2.58. The molecule has 154 valence electrons. The molecule has 30 heavy (non-hydrogen) atoms. The van der Waals surface area contributed by atoms with Crippen molar-refractivity contribution in [2.75, 3.05) is 11.4 Å². The van der Waals surface area contributed by atoms with Crippen LogP contribution in [0.2, 0.25) is 0 Å². The molecule has 0 saturated carbocycles. The van der Waals surface area contributed by atoms with E-state index < -0.39 is 22.9 Å². The van der Waals surface area contributed by atoms with E-state index in [0.29, 0.717) is 23.5 Å². The van der Waals surface area contributed by atoms with E-state index in [4.69, 9.17) is 0 Å². The van der Waals surface area contributed by atoms with Crippen LogP contribution in [0.15, 0.2) is 54.7 Å². The third-order valence-electron chi connectivity index (χ3n) is 4.98. The fourth-order valence-electron chi connectivity index (χ4n) is 3.28. The Kier molecular flexibility index (Phi) is 4.48. The SMILES string of the molecule is CC1(C)CN(c2cccc(C(=O)c3cn(-c4ccc(C(F)(F)F)cc4)nn3)c2)C1=O. The lowest BCUT2D eigenvalue weighted by atomic mass is 9.82. The number of hydrogen-bond acceptors (Lipinski definition) is 4. The molecule has 1 aromatic heterocycles. The average molecular weight is 414 g/mol. The molecule has 0 atom stereocenters. The molecule has 1 fully saturated rings. The molecule has 3 aromatic rings. The van der Waals surface area contributed by atoms with E-state index in [-0.39, 0.29) is 11.6 Å². The Hall–Kier alpha value is -3.49. The van der Waals surface area contributed by atoms with Gasteiger partial charge >= 0.3 is 6.18 Å². The first-order chi connectivity index (χ1) is 14.1. The second-order valence-electron chi connectivity index (χ2n) is 7.75. The zero-order valence-electron chi connectivity index (χ0n) is 16.1. The van der Waals surface area contributed by atoms with Gasteiger partial charge in [0.2, 0.25) is 11.7 Å². The van der Waals surface area contributed by atoms with Gasteiger partial charge in [-0.25, -0.2) is 4.68 Å². The van der Waals surface area contributed by atoms with Crippen LogP contribution in [0.5, 0.6) is 0 Å². The van der Waals surface area contributed by atoms with Gasteiger partial charge in [-0.3, -0.25) is 9.59 Å². The highest BCUT2D eigenvalue weighted by atomic mass is 19.4. The van der Waals surface area contributed by atoms with Crippen molar-refractivity contribution in [1.29, 1.82) is 0 Å². The number of carbonyl (C=O) groups is 2. The summed E-state index contributed by atoms with van der Waals surface area (Å²) < 4.78 is 39.3. The Balaban J connectivity index is 1.55. The van der Waals surface area contributed by atoms with Crippen molar-refractivity contribution in [3.05, 3.63) is 71.5 Å². The van der Waals surface area contributed by atoms with E-state index in [2.05, 4.69) is 10.3 Å². The normalized spacial score (nSPS) is 15.8. The zero-order chi connectivity index (χ0) is 21.7. The molecule has 4 rings (SSSR count). The molecule has 0 spiro atoms. The standard InChI is InChI=1S/C21H17F3N4O2/c1-20(2)12-27(19(20)30)16-5-3-4-13(10-16)18(29)17-11-28(26-25-17)15-8-6-14(7-9-15)21(22,23)24/h3-11H,12H2,1-2H3. The number of anilines is 1. The van der Waals surface area contributed by atoms with Gasteiger partial charge in [0.25, 0.3) is 0 Å². The molecule has 0 N–H and O–H groups in total. The molecule has 0 unspecified atom stereocenters. The zero-order valence-corrected chi connectivity index (χ0v) is 16.1. The highest BCUT2D eigenvalue weighted by Gasteiger charge is 2.44. The van der Waals surface area contributed by atoms with Crippen LogP contribution in [0.3, 0.4) is 0 Å². The summed E-state index contributed by atoms with van der Waals surface area (Å²) in [6.45, 7) is 4.29.